The van der Waals surface area contributed by atoms with Gasteiger partial charge in [0.05, 0.1) is 17.1 Å². The van der Waals surface area contributed by atoms with Gasteiger partial charge in [-0.2, -0.15) is 0 Å². The van der Waals surface area contributed by atoms with Gasteiger partial charge >= 0.3 is 11.9 Å². The van der Waals surface area contributed by atoms with Crippen LogP contribution in [-0.4, -0.2) is 47.9 Å². The van der Waals surface area contributed by atoms with E-state index in [1.807, 2.05) is 6.92 Å². The molecule has 0 saturated carbocycles. The Balaban J connectivity index is 1.80. The third-order valence-electron chi connectivity index (χ3n) is 4.50. The predicted molar refractivity (Wildman–Crippen MR) is 121 cm³/mol. The molecule has 0 aliphatic heterocycles. The second-order valence-corrected chi connectivity index (χ2v) is 7.23. The van der Waals surface area contributed by atoms with Crippen LogP contribution in [0.25, 0.3) is 0 Å². The molecule has 0 radical (unpaired) electrons. The number of nitro benzene ring substituents is 1. The lowest BCUT2D eigenvalue weighted by atomic mass is 10.2. The molecule has 0 saturated heterocycles. The zero-order valence-corrected chi connectivity index (χ0v) is 18.7. The van der Waals surface area contributed by atoms with Crippen LogP contribution >= 0.6 is 0 Å². The van der Waals surface area contributed by atoms with Crippen LogP contribution in [0.2, 0.25) is 0 Å². The second kappa shape index (κ2) is 12.7. The summed E-state index contributed by atoms with van der Waals surface area (Å²) in [6.45, 7) is 3.08. The summed E-state index contributed by atoms with van der Waals surface area (Å²) in [6, 6.07) is 9.96. The number of non-ortho nitro benzene ring substituents is 1. The first-order valence-corrected chi connectivity index (χ1v) is 10.5. The number of carbonyl (C=O) groups is 4. The van der Waals surface area contributed by atoms with Gasteiger partial charge in [0.1, 0.15) is 6.04 Å². The van der Waals surface area contributed by atoms with Gasteiger partial charge in [0, 0.05) is 23.4 Å². The number of rotatable bonds is 11. The van der Waals surface area contributed by atoms with Crippen LogP contribution < -0.4 is 10.6 Å². The average molecular weight is 471 g/mol. The Kier molecular flexibility index (Phi) is 9.69. The van der Waals surface area contributed by atoms with E-state index in [0.29, 0.717) is 17.9 Å². The number of hydrogen-bond acceptors (Lipinski definition) is 8. The number of unbranched alkanes of at least 4 members (excludes halogenated alkanes) is 1. The molecule has 0 heterocycles. The molecule has 0 fully saturated rings. The molecular weight excluding hydrogens is 446 g/mol. The minimum atomic E-state index is -1.10. The smallest absolute Gasteiger partial charge is 0.338 e. The maximum Gasteiger partial charge on any atom is 0.338 e. The number of nitro groups is 1. The highest BCUT2D eigenvalue weighted by atomic mass is 16.6. The molecule has 180 valence electrons. The van der Waals surface area contributed by atoms with Crippen molar-refractivity contribution in [1.29, 1.82) is 0 Å². The maximum atomic E-state index is 12.2. The average Bonchev–Trinajstić information content (AvgIpc) is 2.83. The summed E-state index contributed by atoms with van der Waals surface area (Å²) in [5, 5.41) is 15.7. The lowest BCUT2D eigenvalue weighted by Crippen LogP contribution is -2.40. The summed E-state index contributed by atoms with van der Waals surface area (Å²) in [5.41, 5.74) is 0.470. The van der Waals surface area contributed by atoms with Gasteiger partial charge in [-0.05, 0) is 43.7 Å². The van der Waals surface area contributed by atoms with Crippen molar-refractivity contribution < 1.29 is 33.6 Å². The number of amides is 2. The van der Waals surface area contributed by atoms with Gasteiger partial charge < -0.3 is 20.1 Å². The Hall–Kier alpha value is -4.28. The fourth-order valence-corrected chi connectivity index (χ4v) is 2.64. The SMILES string of the molecule is CCCCOC(=O)c1ccc(NC(=O)COC(=O)C(C)NC(=O)c2cccc([N+](=O)[O-])c2)cc1. The third kappa shape index (κ3) is 8.01. The molecule has 2 aromatic carbocycles. The van der Waals surface area contributed by atoms with E-state index in [1.54, 1.807) is 0 Å². The van der Waals surface area contributed by atoms with E-state index < -0.39 is 41.3 Å². The van der Waals surface area contributed by atoms with Crippen LogP contribution in [0.4, 0.5) is 11.4 Å². The van der Waals surface area contributed by atoms with Crippen molar-refractivity contribution in [2.75, 3.05) is 18.5 Å². The van der Waals surface area contributed by atoms with Crippen LogP contribution in [-0.2, 0) is 19.1 Å². The highest BCUT2D eigenvalue weighted by Gasteiger charge is 2.20. The molecule has 0 aromatic heterocycles. The molecule has 1 atom stereocenters. The second-order valence-electron chi connectivity index (χ2n) is 7.23. The van der Waals surface area contributed by atoms with Crippen LogP contribution in [0.1, 0.15) is 47.4 Å². The number of hydrogen-bond donors (Lipinski definition) is 2. The van der Waals surface area contributed by atoms with Crippen molar-refractivity contribution in [2.45, 2.75) is 32.7 Å². The summed E-state index contributed by atoms with van der Waals surface area (Å²) in [4.78, 5) is 58.4. The number of anilines is 1. The monoisotopic (exact) mass is 471 g/mol. The molecule has 2 N–H and O–H groups in total. The molecular formula is C23H25N3O8. The van der Waals surface area contributed by atoms with E-state index in [0.717, 1.165) is 18.9 Å². The van der Waals surface area contributed by atoms with Gasteiger partial charge in [-0.15, -0.1) is 0 Å². The summed E-state index contributed by atoms with van der Waals surface area (Å²) >= 11 is 0. The van der Waals surface area contributed by atoms with Crippen molar-refractivity contribution in [3.63, 3.8) is 0 Å². The molecule has 0 aliphatic carbocycles. The van der Waals surface area contributed by atoms with Gasteiger partial charge in [-0.1, -0.05) is 19.4 Å². The molecule has 0 bridgehead atoms. The fraction of sp³-hybridized carbons (Fsp3) is 0.304. The van der Waals surface area contributed by atoms with Crippen molar-refractivity contribution in [2.24, 2.45) is 0 Å². The lowest BCUT2D eigenvalue weighted by molar-refractivity contribution is -0.384. The van der Waals surface area contributed by atoms with E-state index in [9.17, 15) is 29.3 Å². The van der Waals surface area contributed by atoms with E-state index >= 15 is 0 Å². The van der Waals surface area contributed by atoms with E-state index in [-0.39, 0.29) is 11.3 Å². The molecule has 2 rings (SSSR count). The topological polar surface area (TPSA) is 154 Å². The number of ether oxygens (including phenoxy) is 2. The first-order valence-electron chi connectivity index (χ1n) is 10.5. The summed E-state index contributed by atoms with van der Waals surface area (Å²) in [6.07, 6.45) is 1.68. The predicted octanol–water partition coefficient (Wildman–Crippen LogP) is 2.85. The molecule has 1 unspecified atom stereocenters. The third-order valence-corrected chi connectivity index (χ3v) is 4.50. The molecule has 34 heavy (non-hydrogen) atoms. The molecule has 11 nitrogen and oxygen atoms in total. The van der Waals surface area contributed by atoms with Gasteiger partial charge in [0.2, 0.25) is 0 Å². The van der Waals surface area contributed by atoms with Crippen LogP contribution in [0.15, 0.2) is 48.5 Å². The first-order chi connectivity index (χ1) is 16.2. The maximum absolute atomic E-state index is 12.2. The van der Waals surface area contributed by atoms with E-state index in [1.165, 1.54) is 49.4 Å². The zero-order valence-electron chi connectivity index (χ0n) is 18.7. The number of carbonyl (C=O) groups excluding carboxylic acids is 4. The normalized spacial score (nSPS) is 11.1. The molecule has 2 aromatic rings. The highest BCUT2D eigenvalue weighted by molar-refractivity contribution is 5.98. The summed E-state index contributed by atoms with van der Waals surface area (Å²) in [7, 11) is 0. The van der Waals surface area contributed by atoms with Crippen LogP contribution in [0.5, 0.6) is 0 Å². The Labute approximate surface area is 195 Å². The standard InChI is InChI=1S/C23H25N3O8/c1-3-4-12-33-23(30)16-8-10-18(11-9-16)25-20(27)14-34-22(29)15(2)24-21(28)17-6-5-7-19(13-17)26(31)32/h5-11,13,15H,3-4,12,14H2,1-2H3,(H,24,28)(H,25,27). The van der Waals surface area contributed by atoms with Crippen LogP contribution in [0, 0.1) is 10.1 Å². The number of nitrogens with one attached hydrogen (secondary N) is 2. The van der Waals surface area contributed by atoms with Gasteiger partial charge in [0.25, 0.3) is 17.5 Å². The molecule has 0 spiro atoms. The summed E-state index contributed by atoms with van der Waals surface area (Å²) < 4.78 is 10.0. The Bertz CT molecular complexity index is 1050. The Morgan fingerprint density at radius 2 is 1.74 bits per heavy atom. The van der Waals surface area contributed by atoms with Crippen molar-refractivity contribution in [1.82, 2.24) is 5.32 Å². The minimum absolute atomic E-state index is 0.00397. The minimum Gasteiger partial charge on any atom is -0.462 e. The fourth-order valence-electron chi connectivity index (χ4n) is 2.64. The quantitative estimate of drug-likeness (QED) is 0.219. The van der Waals surface area contributed by atoms with Gasteiger partial charge in [0.15, 0.2) is 6.61 Å². The van der Waals surface area contributed by atoms with Crippen LogP contribution in [0.3, 0.4) is 0 Å². The highest BCUT2D eigenvalue weighted by Crippen LogP contribution is 2.13. The van der Waals surface area contributed by atoms with Crippen molar-refractivity contribution >= 4 is 35.1 Å². The van der Waals surface area contributed by atoms with E-state index in [2.05, 4.69) is 10.6 Å². The first kappa shape index (κ1) is 26.0. The van der Waals surface area contributed by atoms with E-state index in [4.69, 9.17) is 9.47 Å². The summed E-state index contributed by atoms with van der Waals surface area (Å²) in [5.74, 6) is -2.64. The van der Waals surface area contributed by atoms with Gasteiger partial charge in [-0.3, -0.25) is 19.7 Å². The largest absolute Gasteiger partial charge is 0.462 e. The van der Waals surface area contributed by atoms with Crippen molar-refractivity contribution in [3.05, 3.63) is 69.8 Å². The zero-order chi connectivity index (χ0) is 25.1. The van der Waals surface area contributed by atoms with Crippen molar-refractivity contribution in [3.8, 4) is 0 Å². The molecule has 0 aliphatic rings. The molecule has 2 amide bonds. The lowest BCUT2D eigenvalue weighted by Gasteiger charge is -2.13. The number of nitrogens with zero attached hydrogens (tertiary/aromatic N) is 1. The number of benzene rings is 2. The van der Waals surface area contributed by atoms with Gasteiger partial charge in [-0.25, -0.2) is 9.59 Å². The molecule has 11 heteroatoms. The Morgan fingerprint density at radius 3 is 2.38 bits per heavy atom. The number of esters is 2. The Morgan fingerprint density at radius 1 is 1.03 bits per heavy atom.